The molecule has 18 heavy (non-hydrogen) atoms. The smallest absolute Gasteiger partial charge is 0.119 e. The molecule has 0 saturated carbocycles. The van der Waals surface area contributed by atoms with Crippen LogP contribution in [0.15, 0.2) is 24.3 Å². The molecule has 1 saturated heterocycles. The molecular weight excluding hydrogens is 226 g/mol. The van der Waals surface area contributed by atoms with Gasteiger partial charge in [-0.15, -0.1) is 0 Å². The predicted octanol–water partition coefficient (Wildman–Crippen LogP) is 2.68. The van der Waals surface area contributed by atoms with E-state index < -0.39 is 0 Å². The van der Waals surface area contributed by atoms with Crippen molar-refractivity contribution in [2.24, 2.45) is 5.92 Å². The molecule has 1 N–H and O–H groups in total. The Balaban J connectivity index is 2.00. The minimum Gasteiger partial charge on any atom is -0.491 e. The van der Waals surface area contributed by atoms with Gasteiger partial charge in [0.15, 0.2) is 0 Å². The fourth-order valence-electron chi connectivity index (χ4n) is 2.46. The molecule has 0 bridgehead atoms. The van der Waals surface area contributed by atoms with Gasteiger partial charge < -0.3 is 14.7 Å². The number of ether oxygens (including phenoxy) is 1. The lowest BCUT2D eigenvalue weighted by Gasteiger charge is -2.33. The molecule has 0 aliphatic carbocycles. The van der Waals surface area contributed by atoms with Gasteiger partial charge in [-0.2, -0.15) is 0 Å². The molecule has 0 amide bonds. The van der Waals surface area contributed by atoms with E-state index in [0.29, 0.717) is 12.5 Å². The van der Waals surface area contributed by atoms with Crippen LogP contribution in [-0.2, 0) is 0 Å². The van der Waals surface area contributed by atoms with E-state index in [-0.39, 0.29) is 6.10 Å². The van der Waals surface area contributed by atoms with Crippen LogP contribution in [0.1, 0.15) is 26.7 Å². The minimum absolute atomic E-state index is 0.213. The van der Waals surface area contributed by atoms with Crippen molar-refractivity contribution in [1.82, 2.24) is 0 Å². The minimum atomic E-state index is 0.213. The Morgan fingerprint density at radius 3 is 2.67 bits per heavy atom. The molecule has 1 atom stereocenters. The third-order valence-corrected chi connectivity index (χ3v) is 3.35. The molecule has 100 valence electrons. The number of aliphatic hydroxyl groups is 1. The van der Waals surface area contributed by atoms with Crippen LogP contribution in [0.2, 0.25) is 0 Å². The van der Waals surface area contributed by atoms with Crippen LogP contribution in [0.25, 0.3) is 0 Å². The lowest BCUT2D eigenvalue weighted by molar-refractivity contribution is 0.208. The number of aliphatic hydroxyl groups excluding tert-OH is 1. The van der Waals surface area contributed by atoms with Crippen LogP contribution in [0.4, 0.5) is 5.69 Å². The molecule has 1 unspecified atom stereocenters. The third kappa shape index (κ3) is 3.39. The second-order valence-electron chi connectivity index (χ2n) is 5.30. The van der Waals surface area contributed by atoms with Gasteiger partial charge in [0.25, 0.3) is 0 Å². The second-order valence-corrected chi connectivity index (χ2v) is 5.30. The van der Waals surface area contributed by atoms with E-state index in [2.05, 4.69) is 17.0 Å². The number of nitrogens with zero attached hydrogens (tertiary/aromatic N) is 1. The quantitative estimate of drug-likeness (QED) is 0.890. The molecule has 1 aromatic rings. The normalized spacial score (nSPS) is 20.2. The maximum atomic E-state index is 9.25. The molecule has 3 heteroatoms. The van der Waals surface area contributed by atoms with Gasteiger partial charge in [-0.25, -0.2) is 0 Å². The van der Waals surface area contributed by atoms with E-state index >= 15 is 0 Å². The zero-order chi connectivity index (χ0) is 13.0. The summed E-state index contributed by atoms with van der Waals surface area (Å²) in [5, 5.41) is 9.25. The summed E-state index contributed by atoms with van der Waals surface area (Å²) in [6.07, 6.45) is 2.52. The summed E-state index contributed by atoms with van der Waals surface area (Å²) < 4.78 is 5.64. The molecule has 0 spiro atoms. The maximum absolute atomic E-state index is 9.25. The summed E-state index contributed by atoms with van der Waals surface area (Å²) >= 11 is 0. The van der Waals surface area contributed by atoms with Gasteiger partial charge in [0.1, 0.15) is 5.75 Å². The average molecular weight is 249 g/mol. The van der Waals surface area contributed by atoms with E-state index in [1.165, 1.54) is 5.69 Å². The number of hydrogen-bond acceptors (Lipinski definition) is 3. The summed E-state index contributed by atoms with van der Waals surface area (Å²) in [6, 6.07) is 8.27. The first-order valence-electron chi connectivity index (χ1n) is 6.81. The summed E-state index contributed by atoms with van der Waals surface area (Å²) in [7, 11) is 0. The molecular formula is C15H23NO2. The van der Waals surface area contributed by atoms with Crippen LogP contribution in [-0.4, -0.2) is 30.9 Å². The summed E-state index contributed by atoms with van der Waals surface area (Å²) in [4.78, 5) is 2.35. The Hall–Kier alpha value is -1.22. The SMILES string of the molecule is CC(C)Oc1ccc(N2CCCC(CO)C2)cc1. The van der Waals surface area contributed by atoms with Crippen LogP contribution in [0.3, 0.4) is 0 Å². The van der Waals surface area contributed by atoms with Gasteiger partial charge in [-0.1, -0.05) is 0 Å². The number of anilines is 1. The number of rotatable bonds is 4. The predicted molar refractivity (Wildman–Crippen MR) is 74.2 cm³/mol. The highest BCUT2D eigenvalue weighted by Crippen LogP contribution is 2.25. The van der Waals surface area contributed by atoms with Gasteiger partial charge in [0.2, 0.25) is 0 Å². The standard InChI is InChI=1S/C15H23NO2/c1-12(2)18-15-7-5-14(6-8-15)16-9-3-4-13(10-16)11-17/h5-8,12-13,17H,3-4,9-11H2,1-2H3. The van der Waals surface area contributed by atoms with Gasteiger partial charge >= 0.3 is 0 Å². The largest absolute Gasteiger partial charge is 0.491 e. The van der Waals surface area contributed by atoms with Crippen molar-refractivity contribution in [3.63, 3.8) is 0 Å². The first kappa shape index (κ1) is 13.2. The van der Waals surface area contributed by atoms with E-state index in [0.717, 1.165) is 31.7 Å². The van der Waals surface area contributed by atoms with E-state index in [1.54, 1.807) is 0 Å². The molecule has 1 aliphatic heterocycles. The first-order chi connectivity index (χ1) is 8.69. The van der Waals surface area contributed by atoms with Gasteiger partial charge in [0, 0.05) is 25.4 Å². The van der Waals surface area contributed by atoms with Crippen molar-refractivity contribution in [3.05, 3.63) is 24.3 Å². The van der Waals surface area contributed by atoms with Crippen LogP contribution in [0.5, 0.6) is 5.75 Å². The number of hydrogen-bond donors (Lipinski definition) is 1. The Kier molecular flexibility index (Phi) is 4.48. The van der Waals surface area contributed by atoms with Gasteiger partial charge in [-0.3, -0.25) is 0 Å². The number of benzene rings is 1. The zero-order valence-corrected chi connectivity index (χ0v) is 11.3. The van der Waals surface area contributed by atoms with Crippen molar-refractivity contribution in [2.75, 3.05) is 24.6 Å². The Labute approximate surface area is 109 Å². The Morgan fingerprint density at radius 2 is 2.06 bits per heavy atom. The highest BCUT2D eigenvalue weighted by atomic mass is 16.5. The Morgan fingerprint density at radius 1 is 1.33 bits per heavy atom. The first-order valence-corrected chi connectivity index (χ1v) is 6.81. The van der Waals surface area contributed by atoms with Crippen molar-refractivity contribution in [1.29, 1.82) is 0 Å². The maximum Gasteiger partial charge on any atom is 0.119 e. The molecule has 1 fully saturated rings. The second kappa shape index (κ2) is 6.10. The molecule has 1 heterocycles. The lowest BCUT2D eigenvalue weighted by atomic mass is 9.98. The highest BCUT2D eigenvalue weighted by Gasteiger charge is 2.19. The molecule has 0 radical (unpaired) electrons. The van der Waals surface area contributed by atoms with E-state index in [1.807, 2.05) is 26.0 Å². The summed E-state index contributed by atoms with van der Waals surface area (Å²) in [6.45, 7) is 6.40. The van der Waals surface area contributed by atoms with E-state index in [9.17, 15) is 5.11 Å². The third-order valence-electron chi connectivity index (χ3n) is 3.35. The average Bonchev–Trinajstić information content (AvgIpc) is 2.39. The summed E-state index contributed by atoms with van der Waals surface area (Å²) in [5.74, 6) is 1.34. The van der Waals surface area contributed by atoms with E-state index in [4.69, 9.17) is 4.74 Å². The van der Waals surface area contributed by atoms with Crippen LogP contribution < -0.4 is 9.64 Å². The topological polar surface area (TPSA) is 32.7 Å². The molecule has 1 aromatic carbocycles. The molecule has 0 aromatic heterocycles. The van der Waals surface area contributed by atoms with Crippen LogP contribution >= 0.6 is 0 Å². The van der Waals surface area contributed by atoms with Gasteiger partial charge in [0.05, 0.1) is 6.10 Å². The zero-order valence-electron chi connectivity index (χ0n) is 11.3. The van der Waals surface area contributed by atoms with Crippen LogP contribution in [0, 0.1) is 5.92 Å². The van der Waals surface area contributed by atoms with Crippen molar-refractivity contribution < 1.29 is 9.84 Å². The highest BCUT2D eigenvalue weighted by molar-refractivity contribution is 5.49. The fourth-order valence-corrected chi connectivity index (χ4v) is 2.46. The fraction of sp³-hybridized carbons (Fsp3) is 0.600. The van der Waals surface area contributed by atoms with Crippen molar-refractivity contribution in [2.45, 2.75) is 32.8 Å². The number of piperidine rings is 1. The Bertz CT molecular complexity index is 361. The molecule has 2 rings (SSSR count). The molecule has 3 nitrogen and oxygen atoms in total. The van der Waals surface area contributed by atoms with Crippen molar-refractivity contribution in [3.8, 4) is 5.75 Å². The van der Waals surface area contributed by atoms with Gasteiger partial charge in [-0.05, 0) is 56.9 Å². The lowest BCUT2D eigenvalue weighted by Crippen LogP contribution is -2.36. The molecule has 1 aliphatic rings. The summed E-state index contributed by atoms with van der Waals surface area (Å²) in [5.41, 5.74) is 1.23. The van der Waals surface area contributed by atoms with Crippen molar-refractivity contribution >= 4 is 5.69 Å². The monoisotopic (exact) mass is 249 g/mol.